The number of piperidine rings is 1. The van der Waals surface area contributed by atoms with E-state index in [2.05, 4.69) is 5.32 Å². The lowest BCUT2D eigenvalue weighted by atomic mass is 9.93. The summed E-state index contributed by atoms with van der Waals surface area (Å²) in [5.41, 5.74) is -0.871. The Balaban J connectivity index is 1.55. The highest BCUT2D eigenvalue weighted by Crippen LogP contribution is 2.38. The van der Waals surface area contributed by atoms with Gasteiger partial charge in [-0.3, -0.25) is 14.9 Å². The van der Waals surface area contributed by atoms with E-state index in [1.807, 2.05) is 18.7 Å². The van der Waals surface area contributed by atoms with E-state index in [0.29, 0.717) is 31.5 Å². The molecule has 3 fully saturated rings. The summed E-state index contributed by atoms with van der Waals surface area (Å²) in [6.07, 6.45) is 1.68. The molecule has 0 bridgehead atoms. The molecule has 2 atom stereocenters. The number of nitrogens with one attached hydrogen (secondary N) is 1. The summed E-state index contributed by atoms with van der Waals surface area (Å²) >= 11 is 0. The molecule has 2 amide bonds. The van der Waals surface area contributed by atoms with Crippen LogP contribution in [0.5, 0.6) is 0 Å². The first-order chi connectivity index (χ1) is 15.6. The molecule has 2 saturated heterocycles. The van der Waals surface area contributed by atoms with Gasteiger partial charge in [0.15, 0.2) is 0 Å². The Morgan fingerprint density at radius 1 is 1.21 bits per heavy atom. The zero-order valence-electron chi connectivity index (χ0n) is 19.5. The topological polar surface area (TPSA) is 52.7 Å². The molecule has 1 aliphatic carbocycles. The van der Waals surface area contributed by atoms with Crippen molar-refractivity contribution in [2.75, 3.05) is 13.1 Å². The van der Waals surface area contributed by atoms with Gasteiger partial charge in [0.2, 0.25) is 11.8 Å². The van der Waals surface area contributed by atoms with Gasteiger partial charge in [0.1, 0.15) is 0 Å². The molecule has 3 aliphatic rings. The van der Waals surface area contributed by atoms with Crippen LogP contribution in [0.25, 0.3) is 0 Å². The summed E-state index contributed by atoms with van der Waals surface area (Å²) in [5, 5.41) is 3.57. The second-order valence-corrected chi connectivity index (χ2v) is 9.97. The van der Waals surface area contributed by atoms with Crippen LogP contribution in [0.1, 0.15) is 69.9 Å². The summed E-state index contributed by atoms with van der Waals surface area (Å²) in [6.45, 7) is 5.30. The van der Waals surface area contributed by atoms with Gasteiger partial charge in [0.05, 0.1) is 17.3 Å². The van der Waals surface area contributed by atoms with Gasteiger partial charge in [0, 0.05) is 38.4 Å². The average Bonchev–Trinajstić information content (AvgIpc) is 3.42. The molecule has 1 aromatic carbocycles. The van der Waals surface area contributed by atoms with Crippen LogP contribution in [-0.4, -0.2) is 46.4 Å². The van der Waals surface area contributed by atoms with Crippen LogP contribution in [0, 0.1) is 11.8 Å². The van der Waals surface area contributed by atoms with Gasteiger partial charge in [-0.05, 0) is 36.5 Å². The van der Waals surface area contributed by atoms with Gasteiger partial charge in [0.25, 0.3) is 0 Å². The van der Waals surface area contributed by atoms with Crippen LogP contribution in [0.2, 0.25) is 0 Å². The number of hydrogen-bond acceptors (Lipinski definition) is 3. The van der Waals surface area contributed by atoms with Crippen molar-refractivity contribution in [2.24, 2.45) is 11.8 Å². The predicted molar refractivity (Wildman–Crippen MR) is 119 cm³/mol. The molecule has 8 heteroatoms. The minimum Gasteiger partial charge on any atom is -0.342 e. The van der Waals surface area contributed by atoms with Crippen LogP contribution in [0.3, 0.4) is 0 Å². The second-order valence-electron chi connectivity index (χ2n) is 9.97. The van der Waals surface area contributed by atoms with E-state index in [-0.39, 0.29) is 36.2 Å². The molecule has 1 aromatic rings. The first kappa shape index (κ1) is 24.0. The van der Waals surface area contributed by atoms with Crippen LogP contribution in [0.15, 0.2) is 24.3 Å². The van der Waals surface area contributed by atoms with Crippen molar-refractivity contribution in [1.82, 2.24) is 15.1 Å². The lowest BCUT2D eigenvalue weighted by Gasteiger charge is -2.45. The summed E-state index contributed by atoms with van der Waals surface area (Å²) in [7, 11) is 0. The molecule has 4 rings (SSSR count). The first-order valence-corrected chi connectivity index (χ1v) is 12.2. The van der Waals surface area contributed by atoms with Crippen molar-refractivity contribution in [3.63, 3.8) is 0 Å². The summed E-state index contributed by atoms with van der Waals surface area (Å²) < 4.78 is 39.7. The maximum absolute atomic E-state index is 13.5. The Hall–Kier alpha value is -2.09. The first-order valence-electron chi connectivity index (χ1n) is 12.2. The zero-order valence-corrected chi connectivity index (χ0v) is 19.5. The summed E-state index contributed by atoms with van der Waals surface area (Å²) in [6, 6.07) is 4.87. The third kappa shape index (κ3) is 4.77. The number of benzene rings is 1. The highest BCUT2D eigenvalue weighted by Gasteiger charge is 2.53. The Labute approximate surface area is 193 Å². The van der Waals surface area contributed by atoms with E-state index >= 15 is 0 Å². The number of halogens is 3. The molecular formula is C25H34F3N3O2. The number of nitrogens with zero attached hydrogens (tertiary/aromatic N) is 2. The highest BCUT2D eigenvalue weighted by atomic mass is 19.4. The fourth-order valence-corrected chi connectivity index (χ4v) is 5.63. The van der Waals surface area contributed by atoms with Crippen molar-refractivity contribution in [2.45, 2.75) is 83.2 Å². The molecule has 1 N–H and O–H groups in total. The monoisotopic (exact) mass is 465 g/mol. The normalized spacial score (nSPS) is 24.6. The molecule has 2 heterocycles. The molecule has 0 radical (unpaired) electrons. The maximum atomic E-state index is 13.5. The van der Waals surface area contributed by atoms with Gasteiger partial charge < -0.3 is 9.80 Å². The molecule has 182 valence electrons. The van der Waals surface area contributed by atoms with E-state index < -0.39 is 17.4 Å². The molecule has 1 spiro atoms. The summed E-state index contributed by atoms with van der Waals surface area (Å²) in [4.78, 5) is 30.0. The number of hydrogen-bond donors (Lipinski definition) is 1. The largest absolute Gasteiger partial charge is 0.416 e. The van der Waals surface area contributed by atoms with E-state index in [1.54, 1.807) is 11.0 Å². The zero-order chi connectivity index (χ0) is 23.8. The number of amides is 2. The lowest BCUT2D eigenvalue weighted by molar-refractivity contribution is -0.140. The number of carbonyl (C=O) groups is 2. The molecule has 2 aliphatic heterocycles. The van der Waals surface area contributed by atoms with Crippen LogP contribution in [-0.2, 0) is 22.3 Å². The lowest BCUT2D eigenvalue weighted by Crippen LogP contribution is -2.59. The molecular weight excluding hydrogens is 431 g/mol. The summed E-state index contributed by atoms with van der Waals surface area (Å²) in [5.74, 6) is 0.386. The van der Waals surface area contributed by atoms with Gasteiger partial charge in [-0.25, -0.2) is 0 Å². The van der Waals surface area contributed by atoms with Crippen molar-refractivity contribution in [3.8, 4) is 0 Å². The number of likely N-dealkylation sites (tertiary alicyclic amines) is 1. The molecule has 5 nitrogen and oxygen atoms in total. The van der Waals surface area contributed by atoms with Crippen LogP contribution in [0.4, 0.5) is 13.2 Å². The molecule has 0 unspecified atom stereocenters. The SMILES string of the molecule is CC[C@H](C)[C@H]1NC2(CCN(C(=O)C3CCCC3)CC2)N(Cc2cccc(C(F)(F)F)c2)C1=O. The number of alkyl halides is 3. The molecule has 0 aromatic heterocycles. The Kier molecular flexibility index (Phi) is 6.76. The van der Waals surface area contributed by atoms with Crippen molar-refractivity contribution < 1.29 is 22.8 Å². The standard InChI is InChI=1S/C25H34F3N3O2/c1-3-17(2)21-23(33)31(16-18-7-6-10-20(15-18)25(26,27)28)24(29-21)11-13-30(14-12-24)22(32)19-8-4-5-9-19/h6-7,10,15,17,19,21,29H,3-5,8-9,11-14,16H2,1-2H3/t17-,21+/m0/s1. The quantitative estimate of drug-likeness (QED) is 0.694. The molecule has 1 saturated carbocycles. The van der Waals surface area contributed by atoms with E-state index in [9.17, 15) is 22.8 Å². The second kappa shape index (κ2) is 9.28. The van der Waals surface area contributed by atoms with Gasteiger partial charge in [-0.15, -0.1) is 0 Å². The fraction of sp³-hybridized carbons (Fsp3) is 0.680. The third-order valence-corrected chi connectivity index (χ3v) is 7.89. The average molecular weight is 466 g/mol. The van der Waals surface area contributed by atoms with Crippen molar-refractivity contribution in [1.29, 1.82) is 0 Å². The number of rotatable bonds is 5. The van der Waals surface area contributed by atoms with Gasteiger partial charge in [-0.1, -0.05) is 45.2 Å². The molecule has 33 heavy (non-hydrogen) atoms. The Morgan fingerprint density at radius 3 is 2.48 bits per heavy atom. The number of carbonyl (C=O) groups excluding carboxylic acids is 2. The predicted octanol–water partition coefficient (Wildman–Crippen LogP) is 4.56. The van der Waals surface area contributed by atoms with E-state index in [0.717, 1.165) is 44.2 Å². The minimum absolute atomic E-state index is 0.0580. The van der Waals surface area contributed by atoms with Crippen LogP contribution >= 0.6 is 0 Å². The highest BCUT2D eigenvalue weighted by molar-refractivity contribution is 5.85. The third-order valence-electron chi connectivity index (χ3n) is 7.89. The van der Waals surface area contributed by atoms with E-state index in [4.69, 9.17) is 0 Å². The fourth-order valence-electron chi connectivity index (χ4n) is 5.63. The van der Waals surface area contributed by atoms with Crippen LogP contribution < -0.4 is 5.32 Å². The Morgan fingerprint density at radius 2 is 1.88 bits per heavy atom. The van der Waals surface area contributed by atoms with Gasteiger partial charge in [-0.2, -0.15) is 13.2 Å². The minimum atomic E-state index is -4.42. The van der Waals surface area contributed by atoms with Crippen molar-refractivity contribution in [3.05, 3.63) is 35.4 Å². The Bertz CT molecular complexity index is 874. The smallest absolute Gasteiger partial charge is 0.342 e. The van der Waals surface area contributed by atoms with Crippen molar-refractivity contribution >= 4 is 11.8 Å². The van der Waals surface area contributed by atoms with E-state index in [1.165, 1.54) is 6.07 Å². The maximum Gasteiger partial charge on any atom is 0.416 e. The van der Waals surface area contributed by atoms with Gasteiger partial charge >= 0.3 is 6.18 Å².